The number of likely N-dealkylation sites (tertiary alicyclic amines) is 1. The topological polar surface area (TPSA) is 66.6 Å². The van der Waals surface area contributed by atoms with Crippen LogP contribution in [0.15, 0.2) is 0 Å². The Morgan fingerprint density at radius 1 is 1.73 bits per heavy atom. The van der Waals surface area contributed by atoms with Crippen LogP contribution in [0.3, 0.4) is 0 Å². The molecule has 4 heteroatoms. The number of likely N-dealkylation sites (N-methyl/N-ethyl adjacent to an activating group) is 1. The second-order valence-corrected chi connectivity index (χ2v) is 3.30. The molecule has 1 aliphatic rings. The monoisotopic (exact) mass is 158 g/mol. The number of carboxylic acids is 1. The lowest BCUT2D eigenvalue weighted by atomic mass is 9.91. The van der Waals surface area contributed by atoms with Crippen molar-refractivity contribution in [3.8, 4) is 0 Å². The molecular weight excluding hydrogens is 144 g/mol. The Bertz CT molecular complexity index is 172. The van der Waals surface area contributed by atoms with Gasteiger partial charge in [-0.15, -0.1) is 0 Å². The van der Waals surface area contributed by atoms with E-state index < -0.39 is 11.5 Å². The number of piperidine rings is 1. The van der Waals surface area contributed by atoms with Gasteiger partial charge in [0.05, 0.1) is 0 Å². The normalized spacial score (nSPS) is 33.6. The number of carbonyl (C=O) groups is 1. The zero-order valence-electron chi connectivity index (χ0n) is 6.71. The molecule has 4 nitrogen and oxygen atoms in total. The van der Waals surface area contributed by atoms with Crippen LogP contribution in [0.1, 0.15) is 12.8 Å². The van der Waals surface area contributed by atoms with Gasteiger partial charge < -0.3 is 15.7 Å². The summed E-state index contributed by atoms with van der Waals surface area (Å²) in [5, 5.41) is 8.76. The van der Waals surface area contributed by atoms with Crippen molar-refractivity contribution in [2.75, 3.05) is 20.1 Å². The Balaban J connectivity index is 2.63. The molecule has 3 N–H and O–H groups in total. The van der Waals surface area contributed by atoms with E-state index in [-0.39, 0.29) is 0 Å². The molecular formula is C7H14N2O2. The molecule has 64 valence electrons. The van der Waals surface area contributed by atoms with Crippen molar-refractivity contribution in [2.45, 2.75) is 18.4 Å². The SMILES string of the molecule is CN1CCC[C@](N)(C(=O)O)C1. The molecule has 0 spiro atoms. The smallest absolute Gasteiger partial charge is 0.325 e. The fourth-order valence-electron chi connectivity index (χ4n) is 1.48. The van der Waals surface area contributed by atoms with Crippen LogP contribution in [0.2, 0.25) is 0 Å². The molecule has 0 unspecified atom stereocenters. The molecule has 0 aromatic carbocycles. The van der Waals surface area contributed by atoms with Crippen molar-refractivity contribution in [2.24, 2.45) is 5.73 Å². The zero-order valence-corrected chi connectivity index (χ0v) is 6.71. The Hall–Kier alpha value is -0.610. The average Bonchev–Trinajstić information content (AvgIpc) is 1.86. The Kier molecular flexibility index (Phi) is 2.15. The minimum atomic E-state index is -1.01. The fourth-order valence-corrected chi connectivity index (χ4v) is 1.48. The highest BCUT2D eigenvalue weighted by Gasteiger charge is 2.37. The van der Waals surface area contributed by atoms with Crippen LogP contribution >= 0.6 is 0 Å². The number of nitrogens with zero attached hydrogens (tertiary/aromatic N) is 1. The van der Waals surface area contributed by atoms with Gasteiger partial charge in [-0.25, -0.2) is 0 Å². The van der Waals surface area contributed by atoms with Crippen LogP contribution in [0, 0.1) is 0 Å². The van der Waals surface area contributed by atoms with E-state index in [4.69, 9.17) is 10.8 Å². The molecule has 0 aromatic rings. The fraction of sp³-hybridized carbons (Fsp3) is 0.857. The highest BCUT2D eigenvalue weighted by atomic mass is 16.4. The standard InChI is InChI=1S/C7H14N2O2/c1-9-4-2-3-7(8,5-9)6(10)11/h2-5,8H2,1H3,(H,10,11)/t7-/m1/s1. The molecule has 1 heterocycles. The van der Waals surface area contributed by atoms with E-state index >= 15 is 0 Å². The molecule has 0 aliphatic carbocycles. The van der Waals surface area contributed by atoms with Crippen LogP contribution < -0.4 is 5.73 Å². The van der Waals surface area contributed by atoms with E-state index in [1.807, 2.05) is 11.9 Å². The van der Waals surface area contributed by atoms with Crippen LogP contribution in [-0.4, -0.2) is 41.7 Å². The van der Waals surface area contributed by atoms with Crippen LogP contribution in [0.4, 0.5) is 0 Å². The summed E-state index contributed by atoms with van der Waals surface area (Å²) >= 11 is 0. The van der Waals surface area contributed by atoms with Crippen molar-refractivity contribution in [3.05, 3.63) is 0 Å². The molecule has 0 aromatic heterocycles. The van der Waals surface area contributed by atoms with E-state index in [1.165, 1.54) is 0 Å². The average molecular weight is 158 g/mol. The molecule has 0 saturated carbocycles. The number of carboxylic acid groups (broad SMARTS) is 1. The molecule has 0 amide bonds. The summed E-state index contributed by atoms with van der Waals surface area (Å²) in [5.41, 5.74) is 4.64. The lowest BCUT2D eigenvalue weighted by Gasteiger charge is -2.34. The van der Waals surface area contributed by atoms with Crippen molar-refractivity contribution >= 4 is 5.97 Å². The van der Waals surface area contributed by atoms with Crippen molar-refractivity contribution < 1.29 is 9.90 Å². The summed E-state index contributed by atoms with van der Waals surface area (Å²) in [7, 11) is 1.89. The number of hydrogen-bond acceptors (Lipinski definition) is 3. The number of aliphatic carboxylic acids is 1. The lowest BCUT2D eigenvalue weighted by Crippen LogP contribution is -2.58. The molecule has 1 rings (SSSR count). The first-order valence-electron chi connectivity index (χ1n) is 3.75. The maximum Gasteiger partial charge on any atom is 0.325 e. The van der Waals surface area contributed by atoms with Gasteiger partial charge in [-0.2, -0.15) is 0 Å². The van der Waals surface area contributed by atoms with Crippen LogP contribution in [0.25, 0.3) is 0 Å². The molecule has 0 bridgehead atoms. The first kappa shape index (κ1) is 8.49. The first-order valence-corrected chi connectivity index (χ1v) is 3.75. The van der Waals surface area contributed by atoms with E-state index in [9.17, 15) is 4.79 Å². The second kappa shape index (κ2) is 2.79. The maximum absolute atomic E-state index is 10.7. The molecule has 1 fully saturated rings. The van der Waals surface area contributed by atoms with Crippen molar-refractivity contribution in [1.29, 1.82) is 0 Å². The van der Waals surface area contributed by atoms with Gasteiger partial charge in [0.15, 0.2) is 0 Å². The Labute approximate surface area is 66.0 Å². The number of hydrogen-bond donors (Lipinski definition) is 2. The molecule has 0 radical (unpaired) electrons. The van der Waals surface area contributed by atoms with Crippen LogP contribution in [0.5, 0.6) is 0 Å². The molecule has 11 heavy (non-hydrogen) atoms. The van der Waals surface area contributed by atoms with Crippen molar-refractivity contribution in [1.82, 2.24) is 4.90 Å². The summed E-state index contributed by atoms with van der Waals surface area (Å²) < 4.78 is 0. The maximum atomic E-state index is 10.7. The van der Waals surface area contributed by atoms with Gasteiger partial charge in [0.2, 0.25) is 0 Å². The third kappa shape index (κ3) is 1.70. The largest absolute Gasteiger partial charge is 0.480 e. The molecule has 1 saturated heterocycles. The number of nitrogens with two attached hydrogens (primary N) is 1. The van der Waals surface area contributed by atoms with Gasteiger partial charge in [-0.1, -0.05) is 0 Å². The van der Waals surface area contributed by atoms with E-state index in [0.717, 1.165) is 13.0 Å². The third-order valence-corrected chi connectivity index (χ3v) is 2.14. The predicted molar refractivity (Wildman–Crippen MR) is 41.3 cm³/mol. The second-order valence-electron chi connectivity index (χ2n) is 3.30. The quantitative estimate of drug-likeness (QED) is 0.539. The lowest BCUT2D eigenvalue weighted by molar-refractivity contribution is -0.145. The summed E-state index contributed by atoms with van der Waals surface area (Å²) in [6.45, 7) is 1.41. The highest BCUT2D eigenvalue weighted by molar-refractivity contribution is 5.78. The summed E-state index contributed by atoms with van der Waals surface area (Å²) in [6, 6.07) is 0. The summed E-state index contributed by atoms with van der Waals surface area (Å²) in [5.74, 6) is -0.885. The Morgan fingerprint density at radius 3 is 2.73 bits per heavy atom. The van der Waals surface area contributed by atoms with Gasteiger partial charge >= 0.3 is 5.97 Å². The molecule has 1 aliphatic heterocycles. The van der Waals surface area contributed by atoms with Crippen molar-refractivity contribution in [3.63, 3.8) is 0 Å². The molecule has 1 atom stereocenters. The van der Waals surface area contributed by atoms with Gasteiger partial charge in [0.25, 0.3) is 0 Å². The van der Waals surface area contributed by atoms with E-state index in [0.29, 0.717) is 13.0 Å². The third-order valence-electron chi connectivity index (χ3n) is 2.14. The minimum absolute atomic E-state index is 0.461. The van der Waals surface area contributed by atoms with Gasteiger partial charge in [0.1, 0.15) is 5.54 Å². The minimum Gasteiger partial charge on any atom is -0.480 e. The van der Waals surface area contributed by atoms with E-state index in [1.54, 1.807) is 0 Å². The summed E-state index contributed by atoms with van der Waals surface area (Å²) in [6.07, 6.45) is 1.46. The van der Waals surface area contributed by atoms with Gasteiger partial charge in [-0.05, 0) is 26.4 Å². The predicted octanol–water partition coefficient (Wildman–Crippen LogP) is -0.506. The van der Waals surface area contributed by atoms with Gasteiger partial charge in [-0.3, -0.25) is 4.79 Å². The first-order chi connectivity index (χ1) is 5.04. The zero-order chi connectivity index (χ0) is 8.48. The van der Waals surface area contributed by atoms with Gasteiger partial charge in [0, 0.05) is 6.54 Å². The summed E-state index contributed by atoms with van der Waals surface area (Å²) in [4.78, 5) is 12.6. The Morgan fingerprint density at radius 2 is 2.36 bits per heavy atom. The van der Waals surface area contributed by atoms with E-state index in [2.05, 4.69) is 0 Å². The van der Waals surface area contributed by atoms with Crippen LogP contribution in [-0.2, 0) is 4.79 Å². The number of rotatable bonds is 1. The highest BCUT2D eigenvalue weighted by Crippen LogP contribution is 2.17.